The number of fused-ring (bicyclic) bond motifs is 1. The van der Waals surface area contributed by atoms with Gasteiger partial charge in [0.1, 0.15) is 0 Å². The van der Waals surface area contributed by atoms with Gasteiger partial charge in [0, 0.05) is 12.0 Å². The molecular weight excluding hydrogens is 350 g/mol. The largest absolute Gasteiger partial charge is 0.373 e. The fraction of sp³-hybridized carbons (Fsp3) is 0.444. The molecule has 2 fully saturated rings. The number of nitrogens with zero attached hydrogens (tertiary/aromatic N) is 1. The van der Waals surface area contributed by atoms with E-state index in [1.54, 1.807) is 24.3 Å². The molecule has 142 valence electrons. The topological polar surface area (TPSA) is 125 Å². The van der Waals surface area contributed by atoms with Crippen LogP contribution in [0.1, 0.15) is 42.6 Å². The summed E-state index contributed by atoms with van der Waals surface area (Å²) in [5.41, 5.74) is 4.08. The van der Waals surface area contributed by atoms with Crippen molar-refractivity contribution >= 4 is 22.7 Å². The number of carbonyl (C=O) groups excluding carboxylic acids is 2. The van der Waals surface area contributed by atoms with Crippen LogP contribution in [0.15, 0.2) is 29.1 Å². The quantitative estimate of drug-likeness (QED) is 0.586. The molecule has 1 aliphatic heterocycles. The molecule has 1 saturated carbocycles. The maximum Gasteiger partial charge on any atom is 0.333 e. The highest BCUT2D eigenvalue weighted by Gasteiger charge is 2.46. The zero-order chi connectivity index (χ0) is 18.9. The van der Waals surface area contributed by atoms with Gasteiger partial charge in [-0.2, -0.15) is 5.10 Å². The van der Waals surface area contributed by atoms with E-state index in [9.17, 15) is 14.4 Å². The molecule has 2 heterocycles. The predicted octanol–water partition coefficient (Wildman–Crippen LogP) is 0.969. The number of ether oxygens (including phenoxy) is 1. The Hall–Kier alpha value is -2.94. The minimum absolute atomic E-state index is 0.0296. The summed E-state index contributed by atoms with van der Waals surface area (Å²) >= 11 is 0. The number of nitrogens with one attached hydrogen (secondary N) is 4. The fourth-order valence-electron chi connectivity index (χ4n) is 4.09. The van der Waals surface area contributed by atoms with E-state index in [2.05, 4.69) is 26.4 Å². The highest BCUT2D eigenvalue weighted by molar-refractivity contribution is 6.05. The van der Waals surface area contributed by atoms with Gasteiger partial charge in [0.15, 0.2) is 5.69 Å². The van der Waals surface area contributed by atoms with Gasteiger partial charge in [-0.15, -0.1) is 0 Å². The lowest BCUT2D eigenvalue weighted by Crippen LogP contribution is -2.55. The Bertz CT molecular complexity index is 929. The van der Waals surface area contributed by atoms with Gasteiger partial charge in [-0.1, -0.05) is 18.2 Å². The van der Waals surface area contributed by atoms with E-state index in [1.165, 1.54) is 0 Å². The number of hydrazine groups is 1. The van der Waals surface area contributed by atoms with Crippen LogP contribution < -0.4 is 21.7 Å². The van der Waals surface area contributed by atoms with Crippen molar-refractivity contribution in [1.29, 1.82) is 0 Å². The number of carbonyl (C=O) groups is 2. The van der Waals surface area contributed by atoms with Crippen LogP contribution in [0.25, 0.3) is 10.8 Å². The molecular formula is C18H21N5O4. The van der Waals surface area contributed by atoms with Crippen molar-refractivity contribution in [2.45, 2.75) is 43.7 Å². The lowest BCUT2D eigenvalue weighted by molar-refractivity contribution is -0.00840. The molecule has 0 radical (unpaired) electrons. The molecule has 1 aromatic carbocycles. The number of hydrogen-bond donors (Lipinski definition) is 4. The summed E-state index contributed by atoms with van der Waals surface area (Å²) in [7, 11) is 0. The van der Waals surface area contributed by atoms with Gasteiger partial charge >= 0.3 is 6.03 Å². The van der Waals surface area contributed by atoms with Crippen molar-refractivity contribution in [1.82, 2.24) is 26.4 Å². The fourth-order valence-corrected chi connectivity index (χ4v) is 4.09. The summed E-state index contributed by atoms with van der Waals surface area (Å²) < 4.78 is 5.90. The Labute approximate surface area is 154 Å². The molecule has 4 rings (SSSR count). The molecule has 1 spiro atoms. The number of H-pyrrole nitrogens is 1. The van der Waals surface area contributed by atoms with Gasteiger partial charge < -0.3 is 10.1 Å². The smallest absolute Gasteiger partial charge is 0.333 e. The van der Waals surface area contributed by atoms with E-state index in [4.69, 9.17) is 4.74 Å². The molecule has 1 saturated heterocycles. The first kappa shape index (κ1) is 17.5. The molecule has 9 heteroatoms. The maximum absolute atomic E-state index is 12.4. The van der Waals surface area contributed by atoms with E-state index in [0.717, 1.165) is 38.7 Å². The third-order valence-corrected chi connectivity index (χ3v) is 5.37. The summed E-state index contributed by atoms with van der Waals surface area (Å²) in [5.74, 6) is -0.615. The summed E-state index contributed by atoms with van der Waals surface area (Å²) in [6.07, 6.45) is 4.74. The molecule has 9 nitrogen and oxygen atoms in total. The van der Waals surface area contributed by atoms with Gasteiger partial charge in [0.2, 0.25) is 0 Å². The normalized spacial score (nSPS) is 24.2. The first-order valence-electron chi connectivity index (χ1n) is 9.07. The second-order valence-corrected chi connectivity index (χ2v) is 6.96. The average Bonchev–Trinajstić information content (AvgIpc) is 3.31. The number of urea groups is 1. The number of benzene rings is 1. The summed E-state index contributed by atoms with van der Waals surface area (Å²) in [5, 5.41) is 9.76. The van der Waals surface area contributed by atoms with Crippen molar-refractivity contribution in [3.05, 3.63) is 40.3 Å². The predicted molar refractivity (Wildman–Crippen MR) is 97.1 cm³/mol. The highest BCUT2D eigenvalue weighted by Crippen LogP contribution is 2.41. The lowest BCUT2D eigenvalue weighted by atomic mass is 9.94. The Morgan fingerprint density at radius 3 is 2.70 bits per heavy atom. The van der Waals surface area contributed by atoms with Crippen molar-refractivity contribution in [2.75, 3.05) is 6.61 Å². The van der Waals surface area contributed by atoms with E-state index < -0.39 is 11.9 Å². The van der Waals surface area contributed by atoms with Crippen molar-refractivity contribution in [3.63, 3.8) is 0 Å². The van der Waals surface area contributed by atoms with Crippen LogP contribution in [0.3, 0.4) is 0 Å². The lowest BCUT2D eigenvalue weighted by Gasteiger charge is -2.30. The van der Waals surface area contributed by atoms with Gasteiger partial charge in [-0.25, -0.2) is 15.3 Å². The van der Waals surface area contributed by atoms with Crippen LogP contribution in [0.4, 0.5) is 4.79 Å². The van der Waals surface area contributed by atoms with E-state index >= 15 is 0 Å². The molecule has 2 aromatic rings. The molecule has 27 heavy (non-hydrogen) atoms. The summed E-state index contributed by atoms with van der Waals surface area (Å²) in [4.78, 5) is 36.4. The second kappa shape index (κ2) is 6.99. The molecule has 4 N–H and O–H groups in total. The Kier molecular flexibility index (Phi) is 4.53. The molecule has 0 bridgehead atoms. The van der Waals surface area contributed by atoms with Gasteiger partial charge in [-0.3, -0.25) is 15.0 Å². The standard InChI is InChI=1S/C18H21N5O4/c24-15-12-6-2-1-5-11(12)14(20-21-15)16(25)22-23-17(26)19-13-7-3-8-18(13)9-4-10-27-18/h1-2,5-6,13H,3-4,7-10H2,(H,21,24)(H,22,25)(H2,19,23,26)/t13-,18+/m1/s1. The van der Waals surface area contributed by atoms with Crippen molar-refractivity contribution in [3.8, 4) is 0 Å². The average molecular weight is 371 g/mol. The molecule has 1 aromatic heterocycles. The van der Waals surface area contributed by atoms with E-state index in [1.807, 2.05) is 0 Å². The van der Waals surface area contributed by atoms with Gasteiger partial charge in [0.25, 0.3) is 11.5 Å². The molecule has 2 atom stereocenters. The first-order valence-corrected chi connectivity index (χ1v) is 9.07. The number of hydrogen-bond acceptors (Lipinski definition) is 5. The van der Waals surface area contributed by atoms with Crippen LogP contribution >= 0.6 is 0 Å². The third kappa shape index (κ3) is 3.25. The monoisotopic (exact) mass is 371 g/mol. The SMILES string of the molecule is O=C(NNC(=O)c1n[nH]c(=O)c2ccccc12)N[C@@H]1CCC[C@]12CCCO2. The number of aromatic amines is 1. The zero-order valence-corrected chi connectivity index (χ0v) is 14.7. The van der Waals surface area contributed by atoms with Crippen molar-refractivity contribution < 1.29 is 14.3 Å². The summed E-state index contributed by atoms with van der Waals surface area (Å²) in [6, 6.07) is 6.08. The molecule has 3 amide bonds. The van der Waals surface area contributed by atoms with Crippen LogP contribution in [0.5, 0.6) is 0 Å². The first-order chi connectivity index (χ1) is 13.1. The van der Waals surface area contributed by atoms with Crippen LogP contribution in [-0.4, -0.2) is 40.4 Å². The third-order valence-electron chi connectivity index (χ3n) is 5.37. The molecule has 2 aliphatic rings. The van der Waals surface area contributed by atoms with Gasteiger partial charge in [-0.05, 0) is 38.2 Å². The maximum atomic E-state index is 12.4. The van der Waals surface area contributed by atoms with Crippen LogP contribution in [0.2, 0.25) is 0 Å². The minimum atomic E-state index is -0.615. The van der Waals surface area contributed by atoms with E-state index in [0.29, 0.717) is 10.8 Å². The highest BCUT2D eigenvalue weighted by atomic mass is 16.5. The van der Waals surface area contributed by atoms with Crippen LogP contribution in [0, 0.1) is 0 Å². The zero-order valence-electron chi connectivity index (χ0n) is 14.7. The second-order valence-electron chi connectivity index (χ2n) is 6.96. The van der Waals surface area contributed by atoms with Gasteiger partial charge in [0.05, 0.1) is 17.0 Å². The van der Waals surface area contributed by atoms with E-state index in [-0.39, 0.29) is 22.9 Å². The number of amides is 3. The number of aromatic nitrogens is 2. The molecule has 0 unspecified atom stereocenters. The molecule has 1 aliphatic carbocycles. The van der Waals surface area contributed by atoms with Crippen LogP contribution in [-0.2, 0) is 4.74 Å². The Balaban J connectivity index is 1.40. The summed E-state index contributed by atoms with van der Waals surface area (Å²) in [6.45, 7) is 0.724. The minimum Gasteiger partial charge on any atom is -0.373 e. The Morgan fingerprint density at radius 1 is 1.15 bits per heavy atom. The Morgan fingerprint density at radius 2 is 1.93 bits per heavy atom. The van der Waals surface area contributed by atoms with Crippen molar-refractivity contribution in [2.24, 2.45) is 0 Å². The number of rotatable bonds is 2.